The van der Waals surface area contributed by atoms with Gasteiger partial charge in [0.2, 0.25) is 0 Å². The molecule has 0 spiro atoms. The van der Waals surface area contributed by atoms with E-state index in [9.17, 15) is 0 Å². The molecule has 0 radical (unpaired) electrons. The first-order valence-electron chi connectivity index (χ1n) is 9.72. The van der Waals surface area contributed by atoms with Crippen molar-refractivity contribution in [3.63, 3.8) is 0 Å². The van der Waals surface area contributed by atoms with Crippen LogP contribution < -0.4 is 10.1 Å². The molecule has 5 rings (SSSR count). The van der Waals surface area contributed by atoms with Gasteiger partial charge < -0.3 is 10.1 Å². The minimum atomic E-state index is 0.265. The molecule has 4 heteroatoms. The molecule has 0 saturated carbocycles. The first-order chi connectivity index (χ1) is 13.7. The van der Waals surface area contributed by atoms with Gasteiger partial charge in [0.1, 0.15) is 11.9 Å². The number of halogens is 2. The molecule has 2 aliphatic rings. The third-order valence-electron chi connectivity index (χ3n) is 5.76. The van der Waals surface area contributed by atoms with Crippen LogP contribution in [0.1, 0.15) is 29.0 Å². The lowest BCUT2D eigenvalue weighted by Gasteiger charge is -2.25. The van der Waals surface area contributed by atoms with Crippen LogP contribution in [0.15, 0.2) is 60.7 Å². The van der Waals surface area contributed by atoms with Crippen LogP contribution >= 0.6 is 23.2 Å². The number of nitrogens with one attached hydrogen (secondary N) is 1. The van der Waals surface area contributed by atoms with Gasteiger partial charge in [0.05, 0.1) is 0 Å². The normalized spacial score (nSPS) is 20.4. The summed E-state index contributed by atoms with van der Waals surface area (Å²) in [7, 11) is 0. The highest BCUT2D eigenvalue weighted by atomic mass is 35.5. The number of rotatable bonds is 3. The van der Waals surface area contributed by atoms with Gasteiger partial charge in [-0.15, -0.1) is 0 Å². The molecule has 2 nitrogen and oxygen atoms in total. The zero-order chi connectivity index (χ0) is 19.1. The van der Waals surface area contributed by atoms with Crippen molar-refractivity contribution in [3.05, 3.63) is 87.4 Å². The molecule has 1 saturated heterocycles. The molecule has 3 aromatic rings. The maximum absolute atomic E-state index is 6.54. The van der Waals surface area contributed by atoms with E-state index in [1.807, 2.05) is 18.2 Å². The molecule has 0 aromatic heterocycles. The Balaban J connectivity index is 1.64. The molecule has 2 aliphatic heterocycles. The second kappa shape index (κ2) is 7.44. The lowest BCUT2D eigenvalue weighted by molar-refractivity contribution is 0.171. The lowest BCUT2D eigenvalue weighted by atomic mass is 9.87. The molecular formula is C24H21Cl2NO. The van der Waals surface area contributed by atoms with Crippen molar-refractivity contribution >= 4 is 23.2 Å². The predicted molar refractivity (Wildman–Crippen MR) is 116 cm³/mol. The second-order valence-corrected chi connectivity index (χ2v) is 8.44. The fraction of sp³-hybridized carbons (Fsp3) is 0.250. The highest BCUT2D eigenvalue weighted by molar-refractivity contribution is 6.36. The largest absolute Gasteiger partial charge is 0.489 e. The van der Waals surface area contributed by atoms with Crippen molar-refractivity contribution < 1.29 is 4.74 Å². The summed E-state index contributed by atoms with van der Waals surface area (Å²) in [6, 6.07) is 20.7. The van der Waals surface area contributed by atoms with Crippen LogP contribution in [0.4, 0.5) is 0 Å². The average Bonchev–Trinajstić information content (AvgIpc) is 3.08. The van der Waals surface area contributed by atoms with Crippen LogP contribution in [-0.2, 0) is 6.42 Å². The van der Waals surface area contributed by atoms with Gasteiger partial charge >= 0.3 is 0 Å². The van der Waals surface area contributed by atoms with Crippen molar-refractivity contribution in [3.8, 4) is 16.9 Å². The molecule has 2 heterocycles. The van der Waals surface area contributed by atoms with Crippen LogP contribution in [0.3, 0.4) is 0 Å². The van der Waals surface area contributed by atoms with Crippen LogP contribution in [0, 0.1) is 0 Å². The summed E-state index contributed by atoms with van der Waals surface area (Å²) >= 11 is 12.7. The minimum Gasteiger partial charge on any atom is -0.489 e. The van der Waals surface area contributed by atoms with E-state index in [2.05, 4.69) is 47.8 Å². The average molecular weight is 410 g/mol. The van der Waals surface area contributed by atoms with Crippen molar-refractivity contribution in [2.24, 2.45) is 0 Å². The lowest BCUT2D eigenvalue weighted by Crippen LogP contribution is -2.37. The fourth-order valence-corrected chi connectivity index (χ4v) is 4.91. The maximum atomic E-state index is 6.54. The molecule has 0 amide bonds. The Morgan fingerprint density at radius 1 is 1.00 bits per heavy atom. The minimum absolute atomic E-state index is 0.265. The van der Waals surface area contributed by atoms with E-state index in [4.69, 9.17) is 27.9 Å². The number of ether oxygens (including phenoxy) is 1. The molecule has 3 aromatic carbocycles. The van der Waals surface area contributed by atoms with E-state index in [1.54, 1.807) is 0 Å². The quantitative estimate of drug-likeness (QED) is 0.564. The maximum Gasteiger partial charge on any atom is 0.126 e. The van der Waals surface area contributed by atoms with Gasteiger partial charge in [-0.2, -0.15) is 0 Å². The van der Waals surface area contributed by atoms with Gasteiger partial charge in [-0.05, 0) is 53.9 Å². The summed E-state index contributed by atoms with van der Waals surface area (Å²) in [4.78, 5) is 0. The van der Waals surface area contributed by atoms with Gasteiger partial charge in [0.15, 0.2) is 0 Å². The Morgan fingerprint density at radius 3 is 2.68 bits per heavy atom. The van der Waals surface area contributed by atoms with Crippen LogP contribution in [0.2, 0.25) is 10.0 Å². The van der Waals surface area contributed by atoms with Crippen molar-refractivity contribution in [2.75, 3.05) is 13.1 Å². The van der Waals surface area contributed by atoms with E-state index < -0.39 is 0 Å². The van der Waals surface area contributed by atoms with E-state index in [-0.39, 0.29) is 6.10 Å². The molecule has 0 unspecified atom stereocenters. The summed E-state index contributed by atoms with van der Waals surface area (Å²) in [5.41, 5.74) is 5.93. The second-order valence-electron chi connectivity index (χ2n) is 7.60. The van der Waals surface area contributed by atoms with E-state index in [0.29, 0.717) is 16.0 Å². The van der Waals surface area contributed by atoms with Gasteiger partial charge in [-0.1, -0.05) is 59.6 Å². The van der Waals surface area contributed by atoms with E-state index in [1.165, 1.54) is 16.7 Å². The highest BCUT2D eigenvalue weighted by Crippen LogP contribution is 2.46. The number of hydrogen-bond donors (Lipinski definition) is 1. The number of benzene rings is 3. The zero-order valence-electron chi connectivity index (χ0n) is 15.4. The first-order valence-corrected chi connectivity index (χ1v) is 10.5. The topological polar surface area (TPSA) is 21.3 Å². The van der Waals surface area contributed by atoms with Crippen LogP contribution in [-0.4, -0.2) is 19.2 Å². The highest BCUT2D eigenvalue weighted by Gasteiger charge is 2.37. The summed E-state index contributed by atoms with van der Waals surface area (Å²) in [6.07, 6.45) is 2.15. The monoisotopic (exact) mass is 409 g/mol. The predicted octanol–water partition coefficient (Wildman–Crippen LogP) is 6.09. The molecule has 0 bridgehead atoms. The van der Waals surface area contributed by atoms with Crippen molar-refractivity contribution in [1.29, 1.82) is 0 Å². The van der Waals surface area contributed by atoms with Crippen LogP contribution in [0.25, 0.3) is 11.1 Å². The molecule has 0 aliphatic carbocycles. The van der Waals surface area contributed by atoms with Crippen LogP contribution in [0.5, 0.6) is 5.75 Å². The van der Waals surface area contributed by atoms with Gasteiger partial charge in [0.25, 0.3) is 0 Å². The Labute approximate surface area is 175 Å². The summed E-state index contributed by atoms with van der Waals surface area (Å²) in [5, 5.41) is 4.85. The standard InChI is InChI=1S/C24H21Cl2NO/c25-18-6-7-19(22(26)13-18)16-11-17(10-15-4-2-1-3-5-15)24-20(12-16)21-14-27-9-8-23(21)28-24/h1-7,11-13,21,23,27H,8-10,14H2/t21-,23-/m0/s1. The molecule has 1 fully saturated rings. The Kier molecular flexibility index (Phi) is 4.80. The SMILES string of the molecule is Clc1ccc(-c2cc(Cc3ccccc3)c3c(c2)[C@@H]2CNCC[C@@H]2O3)c(Cl)c1. The third kappa shape index (κ3) is 3.30. The van der Waals surface area contributed by atoms with Crippen molar-refractivity contribution in [1.82, 2.24) is 5.32 Å². The first kappa shape index (κ1) is 18.1. The van der Waals surface area contributed by atoms with Gasteiger partial charge in [-0.3, -0.25) is 0 Å². The van der Waals surface area contributed by atoms with Gasteiger partial charge in [0, 0.05) is 40.1 Å². The summed E-state index contributed by atoms with van der Waals surface area (Å²) in [5.74, 6) is 1.46. The molecule has 2 atom stereocenters. The number of fused-ring (bicyclic) bond motifs is 3. The molecule has 1 N–H and O–H groups in total. The number of piperidine rings is 1. The molecule has 142 valence electrons. The third-order valence-corrected chi connectivity index (χ3v) is 6.31. The molecular weight excluding hydrogens is 389 g/mol. The Bertz CT molecular complexity index is 1020. The van der Waals surface area contributed by atoms with E-state index >= 15 is 0 Å². The Hall–Kier alpha value is -2.00. The Morgan fingerprint density at radius 2 is 1.86 bits per heavy atom. The van der Waals surface area contributed by atoms with E-state index in [0.717, 1.165) is 42.8 Å². The summed E-state index contributed by atoms with van der Waals surface area (Å²) < 4.78 is 6.46. The number of hydrogen-bond acceptors (Lipinski definition) is 2. The fourth-order valence-electron chi connectivity index (χ4n) is 4.40. The zero-order valence-corrected chi connectivity index (χ0v) is 16.9. The van der Waals surface area contributed by atoms with Crippen molar-refractivity contribution in [2.45, 2.75) is 24.9 Å². The van der Waals surface area contributed by atoms with Gasteiger partial charge in [-0.25, -0.2) is 0 Å². The smallest absolute Gasteiger partial charge is 0.126 e. The molecule has 28 heavy (non-hydrogen) atoms. The summed E-state index contributed by atoms with van der Waals surface area (Å²) in [6.45, 7) is 1.97.